The molecule has 9 heteroatoms. The first-order valence-corrected chi connectivity index (χ1v) is 36.4. The molecule has 0 aromatic carbocycles. The highest BCUT2D eigenvalue weighted by molar-refractivity contribution is 5.71. The van der Waals surface area contributed by atoms with Crippen molar-refractivity contribution in [2.75, 3.05) is 47.5 Å². The number of rotatable bonds is 67. The zero-order chi connectivity index (χ0) is 63.3. The normalized spacial score (nSPS) is 13.3. The van der Waals surface area contributed by atoms with E-state index in [4.69, 9.17) is 18.9 Å². The third-order valence-electron chi connectivity index (χ3n) is 15.9. The van der Waals surface area contributed by atoms with Crippen LogP contribution in [0.1, 0.15) is 322 Å². The molecular formula is C78H138NO8+. The van der Waals surface area contributed by atoms with Gasteiger partial charge in [0.25, 0.3) is 6.29 Å². The minimum absolute atomic E-state index is 0.183. The van der Waals surface area contributed by atoms with Gasteiger partial charge in [0.05, 0.1) is 34.4 Å². The van der Waals surface area contributed by atoms with Crippen LogP contribution in [0, 0.1) is 0 Å². The van der Waals surface area contributed by atoms with Crippen molar-refractivity contribution in [2.24, 2.45) is 0 Å². The van der Waals surface area contributed by atoms with Gasteiger partial charge in [0, 0.05) is 12.8 Å². The van der Waals surface area contributed by atoms with E-state index in [-0.39, 0.29) is 32.2 Å². The van der Waals surface area contributed by atoms with Crippen LogP contribution in [-0.4, -0.2) is 87.4 Å². The summed E-state index contributed by atoms with van der Waals surface area (Å²) in [6, 6.07) is 0. The van der Waals surface area contributed by atoms with Gasteiger partial charge in [-0.3, -0.25) is 9.59 Å². The zero-order valence-electron chi connectivity index (χ0n) is 57.4. The summed E-state index contributed by atoms with van der Waals surface area (Å²) in [5.74, 6) is -2.01. The number of carboxylic acid groups (broad SMARTS) is 1. The number of carboxylic acids is 1. The molecule has 0 aliphatic rings. The van der Waals surface area contributed by atoms with Gasteiger partial charge in [0.1, 0.15) is 13.2 Å². The summed E-state index contributed by atoms with van der Waals surface area (Å²) in [6.45, 7) is 4.79. The number of unbranched alkanes of at least 4 members (excludes halogenated alkanes) is 36. The molecule has 0 saturated heterocycles. The van der Waals surface area contributed by atoms with Crippen LogP contribution >= 0.6 is 0 Å². The number of likely N-dealkylation sites (N-methyl/N-ethyl adjacent to an activating group) is 1. The maximum atomic E-state index is 13.0. The summed E-state index contributed by atoms with van der Waals surface area (Å²) < 4.78 is 23.0. The summed E-state index contributed by atoms with van der Waals surface area (Å²) >= 11 is 0. The van der Waals surface area contributed by atoms with Crippen LogP contribution in [0.4, 0.5) is 0 Å². The van der Waals surface area contributed by atoms with Crippen molar-refractivity contribution in [3.63, 3.8) is 0 Å². The van der Waals surface area contributed by atoms with Gasteiger partial charge < -0.3 is 28.5 Å². The molecule has 0 aromatic rings. The van der Waals surface area contributed by atoms with Gasteiger partial charge in [-0.2, -0.15) is 0 Å². The maximum absolute atomic E-state index is 13.0. The van der Waals surface area contributed by atoms with Crippen LogP contribution in [0.3, 0.4) is 0 Å². The van der Waals surface area contributed by atoms with Gasteiger partial charge in [-0.05, 0) is 77.0 Å². The molecule has 0 bridgehead atoms. The highest BCUT2D eigenvalue weighted by Crippen LogP contribution is 2.18. The van der Waals surface area contributed by atoms with E-state index in [1.54, 1.807) is 0 Å². The molecule has 1 N–H and O–H groups in total. The molecule has 0 heterocycles. The van der Waals surface area contributed by atoms with Crippen molar-refractivity contribution in [1.82, 2.24) is 0 Å². The summed E-state index contributed by atoms with van der Waals surface area (Å²) in [7, 11) is 5.98. The molecule has 87 heavy (non-hydrogen) atoms. The van der Waals surface area contributed by atoms with Gasteiger partial charge in [-0.1, -0.05) is 329 Å². The Balaban J connectivity index is 4.13. The first kappa shape index (κ1) is 83.2. The van der Waals surface area contributed by atoms with Crippen LogP contribution < -0.4 is 0 Å². The van der Waals surface area contributed by atoms with E-state index in [0.717, 1.165) is 96.3 Å². The fourth-order valence-corrected chi connectivity index (χ4v) is 10.3. The van der Waals surface area contributed by atoms with Crippen molar-refractivity contribution in [3.05, 3.63) is 97.2 Å². The molecular weight excluding hydrogens is 1080 g/mol. The topological polar surface area (TPSA) is 108 Å². The Morgan fingerprint density at radius 2 is 0.655 bits per heavy atom. The molecule has 2 atom stereocenters. The number of quaternary nitrogens is 1. The fourth-order valence-electron chi connectivity index (χ4n) is 10.3. The van der Waals surface area contributed by atoms with Gasteiger partial charge >= 0.3 is 17.9 Å². The Bertz CT molecular complexity index is 1750. The largest absolute Gasteiger partial charge is 0.477 e. The van der Waals surface area contributed by atoms with Crippen molar-refractivity contribution in [1.29, 1.82) is 0 Å². The second-order valence-electron chi connectivity index (χ2n) is 25.5. The molecule has 0 spiro atoms. The van der Waals surface area contributed by atoms with E-state index >= 15 is 0 Å². The lowest BCUT2D eigenvalue weighted by Gasteiger charge is -2.25. The lowest BCUT2D eigenvalue weighted by Crippen LogP contribution is -2.40. The summed E-state index contributed by atoms with van der Waals surface area (Å²) in [4.78, 5) is 37.7. The first-order valence-electron chi connectivity index (χ1n) is 36.4. The fraction of sp³-hybridized carbons (Fsp3) is 0.756. The minimum atomic E-state index is -1.52. The van der Waals surface area contributed by atoms with E-state index < -0.39 is 24.3 Å². The Morgan fingerprint density at radius 3 is 0.977 bits per heavy atom. The van der Waals surface area contributed by atoms with Gasteiger partial charge in [-0.15, -0.1) is 0 Å². The van der Waals surface area contributed by atoms with Crippen molar-refractivity contribution in [2.45, 2.75) is 334 Å². The van der Waals surface area contributed by atoms with Crippen LogP contribution in [0.25, 0.3) is 0 Å². The number of hydrogen-bond donors (Lipinski definition) is 1. The number of nitrogens with zero attached hydrogens (tertiary/aromatic N) is 1. The molecule has 0 radical (unpaired) electrons. The van der Waals surface area contributed by atoms with E-state index in [1.807, 2.05) is 21.1 Å². The molecule has 502 valence electrons. The number of esters is 2. The van der Waals surface area contributed by atoms with E-state index in [1.165, 1.54) is 193 Å². The molecule has 0 fully saturated rings. The molecule has 0 saturated carbocycles. The van der Waals surface area contributed by atoms with Crippen LogP contribution in [-0.2, 0) is 33.3 Å². The third-order valence-corrected chi connectivity index (χ3v) is 15.9. The van der Waals surface area contributed by atoms with Crippen molar-refractivity contribution in [3.8, 4) is 0 Å². The number of carbonyl (C=O) groups is 3. The number of allylic oxidation sites excluding steroid dienone is 16. The van der Waals surface area contributed by atoms with Crippen LogP contribution in [0.2, 0.25) is 0 Å². The Kier molecular flexibility index (Phi) is 65.2. The summed E-state index contributed by atoms with van der Waals surface area (Å²) in [5, 5.41) is 9.75. The number of aliphatic carboxylic acids is 1. The average Bonchev–Trinajstić information content (AvgIpc) is 3.59. The number of carbonyl (C=O) groups excluding carboxylic acids is 2. The van der Waals surface area contributed by atoms with E-state index in [2.05, 4.69) is 111 Å². The molecule has 0 aliphatic carbocycles. The van der Waals surface area contributed by atoms with Crippen LogP contribution in [0.15, 0.2) is 97.2 Å². The smallest absolute Gasteiger partial charge is 0.361 e. The minimum Gasteiger partial charge on any atom is -0.477 e. The number of ether oxygens (including phenoxy) is 4. The highest BCUT2D eigenvalue weighted by Gasteiger charge is 2.25. The highest BCUT2D eigenvalue weighted by atomic mass is 16.7. The average molecular weight is 1220 g/mol. The molecule has 0 aromatic heterocycles. The number of hydrogen-bond acceptors (Lipinski definition) is 7. The second-order valence-corrected chi connectivity index (χ2v) is 25.5. The Labute approximate surface area is 537 Å². The lowest BCUT2D eigenvalue weighted by molar-refractivity contribution is -0.870. The van der Waals surface area contributed by atoms with Gasteiger partial charge in [0.2, 0.25) is 0 Å². The molecule has 0 rings (SSSR count). The second kappa shape index (κ2) is 68.1. The lowest BCUT2D eigenvalue weighted by atomic mass is 10.0. The van der Waals surface area contributed by atoms with Crippen molar-refractivity contribution < 1.29 is 42.9 Å². The van der Waals surface area contributed by atoms with Crippen LogP contribution in [0.5, 0.6) is 0 Å². The molecule has 0 amide bonds. The summed E-state index contributed by atoms with van der Waals surface area (Å²) in [5.41, 5.74) is 0. The SMILES string of the molecule is CC/C=C\C/C=C\C/C=C\C/C=C\C/C=C\C/C=C\C/C=C\C/C=C\CCCCCCCCCCC(=O)OC(COC(=O)CCCCCCCCCCCCCCCCCCCCCCCCCCCCCCC)COC(OCC[N+](C)(C)C)C(=O)O. The molecule has 9 nitrogen and oxygen atoms in total. The van der Waals surface area contributed by atoms with Gasteiger partial charge in [0.15, 0.2) is 6.10 Å². The predicted molar refractivity (Wildman–Crippen MR) is 373 cm³/mol. The van der Waals surface area contributed by atoms with E-state index in [9.17, 15) is 19.5 Å². The Morgan fingerprint density at radius 1 is 0.356 bits per heavy atom. The first-order chi connectivity index (χ1) is 42.6. The quantitative estimate of drug-likeness (QED) is 0.0211. The standard InChI is InChI=1S/C78H137NO8/c1-6-8-10-12-14-16-18-20-22-24-26-28-30-32-34-36-37-38-39-41-43-45-47-49-51-53-55-57-59-61-63-65-67-69-76(81)87-74(73-86-78(77(82)83)84-71-70-79(3,4)5)72-85-75(80)68-66-64-62-60-58-56-54-52-50-48-46-44-42-40-35-33-31-29-27-25-23-21-19-17-15-13-11-9-7-2/h8,10,14,16,20,22,26,28,32,34,37-38,41,43,47,49,74,78H,6-7,9,11-13,15,17-19,21,23-25,27,29-31,33,35-36,39-40,42,44-46,48,50-73H2,1-5H3/p+1/b10-8-,16-14-,22-20-,28-26-,34-32-,38-37-,43-41-,49-47-. The summed E-state index contributed by atoms with van der Waals surface area (Å²) in [6.07, 6.45) is 91.0. The predicted octanol–water partition coefficient (Wildman–Crippen LogP) is 22.8. The monoisotopic (exact) mass is 1220 g/mol. The molecule has 0 aliphatic heterocycles. The van der Waals surface area contributed by atoms with Gasteiger partial charge in [-0.25, -0.2) is 4.79 Å². The third kappa shape index (κ3) is 69.5. The Hall–Kier alpha value is -3.79. The molecule has 2 unspecified atom stereocenters. The maximum Gasteiger partial charge on any atom is 0.361 e. The van der Waals surface area contributed by atoms with E-state index in [0.29, 0.717) is 23.9 Å². The van der Waals surface area contributed by atoms with Crippen molar-refractivity contribution >= 4 is 17.9 Å². The zero-order valence-corrected chi connectivity index (χ0v) is 57.4.